The van der Waals surface area contributed by atoms with Crippen molar-refractivity contribution in [3.63, 3.8) is 0 Å². The minimum Gasteiger partial charge on any atom is -0.507 e. The van der Waals surface area contributed by atoms with Gasteiger partial charge in [0.1, 0.15) is 27.0 Å². The van der Waals surface area contributed by atoms with Crippen LogP contribution in [0, 0.1) is 14.7 Å². The Kier molecular flexibility index (Phi) is 8.75. The summed E-state index contributed by atoms with van der Waals surface area (Å²) in [6.07, 6.45) is 0. The highest BCUT2D eigenvalue weighted by atomic mass is 32.3. The van der Waals surface area contributed by atoms with Crippen molar-refractivity contribution in [2.45, 2.75) is 45.8 Å². The second-order valence-corrected chi connectivity index (χ2v) is 15.7. The van der Waals surface area contributed by atoms with Gasteiger partial charge in [-0.2, -0.15) is 8.42 Å². The summed E-state index contributed by atoms with van der Waals surface area (Å²) >= 11 is 0. The van der Waals surface area contributed by atoms with Crippen molar-refractivity contribution in [3.8, 4) is 28.4 Å². The number of benzene rings is 4. The van der Waals surface area contributed by atoms with Crippen LogP contribution < -0.4 is 4.74 Å². The van der Waals surface area contributed by atoms with Crippen LogP contribution >= 0.6 is 10.6 Å². The van der Waals surface area contributed by atoms with Gasteiger partial charge in [0.15, 0.2) is 0 Å². The molecule has 0 bridgehead atoms. The lowest BCUT2D eigenvalue weighted by Gasteiger charge is -2.19. The van der Waals surface area contributed by atoms with Crippen LogP contribution in [0.2, 0.25) is 0 Å². The number of phenolic OH excluding ortho intramolecular Hbond substituents is 1. The predicted octanol–water partition coefficient (Wildman–Crippen LogP) is 7.44. The van der Waals surface area contributed by atoms with Gasteiger partial charge >= 0.3 is 0 Å². The fraction of sp³-hybridized carbons (Fsp3) is 0.143. The molecule has 16 heteroatoms. The standard InChI is InChI=1S/C28H25N3O10S3/c1-28(2,3)20-8-4-18(5-9-20)19-6-10-21(11-7-19)41-25-15-13-23(17-27(25)44(38,39)40)42(36,37)22-12-14-24(32)26(16-22)43(29-33,30-34)31-35/h4-17,32H,1-3H3,(H,38,39,40). The van der Waals surface area contributed by atoms with Crippen LogP contribution in [0.1, 0.15) is 26.3 Å². The van der Waals surface area contributed by atoms with E-state index in [4.69, 9.17) is 4.74 Å². The Labute approximate surface area is 254 Å². The van der Waals surface area contributed by atoms with E-state index < -0.39 is 55.9 Å². The Hall–Kier alpha value is -4.51. The summed E-state index contributed by atoms with van der Waals surface area (Å²) in [4.78, 5) is 30.5. The van der Waals surface area contributed by atoms with Gasteiger partial charge in [-0.3, -0.25) is 4.55 Å². The van der Waals surface area contributed by atoms with Gasteiger partial charge < -0.3 is 9.84 Å². The molecule has 44 heavy (non-hydrogen) atoms. The molecule has 0 saturated carbocycles. The molecule has 13 nitrogen and oxygen atoms in total. The highest BCUT2D eigenvalue weighted by molar-refractivity contribution is 8.30. The first-order valence-corrected chi connectivity index (χ1v) is 16.9. The van der Waals surface area contributed by atoms with Crippen LogP contribution in [-0.4, -0.2) is 26.5 Å². The molecule has 0 aliphatic carbocycles. The first-order chi connectivity index (χ1) is 20.6. The summed E-state index contributed by atoms with van der Waals surface area (Å²) in [7, 11) is -13.9. The smallest absolute Gasteiger partial charge is 0.298 e. The van der Waals surface area contributed by atoms with Gasteiger partial charge in [0, 0.05) is 13.7 Å². The van der Waals surface area contributed by atoms with Gasteiger partial charge in [-0.1, -0.05) is 57.2 Å². The van der Waals surface area contributed by atoms with E-state index in [2.05, 4.69) is 34.5 Å². The van der Waals surface area contributed by atoms with E-state index >= 15 is 0 Å². The molecule has 0 saturated heterocycles. The zero-order valence-electron chi connectivity index (χ0n) is 23.3. The SMILES string of the molecule is CC(C)(C)c1ccc(-c2ccc(Oc3ccc(S(=O)(=O)c4ccc(O)c(S(N=O)(N=O)N=O)c4)cc3S(=O)(=O)O)cc2)cc1. The number of sulfone groups is 1. The molecule has 230 valence electrons. The molecule has 0 aliphatic heterocycles. The Morgan fingerprint density at radius 1 is 0.659 bits per heavy atom. The third kappa shape index (κ3) is 6.37. The molecule has 4 rings (SSSR count). The number of ether oxygens (including phenoxy) is 1. The van der Waals surface area contributed by atoms with Crippen LogP contribution in [0.3, 0.4) is 0 Å². The van der Waals surface area contributed by atoms with Crippen LogP contribution in [0.15, 0.2) is 118 Å². The van der Waals surface area contributed by atoms with Gasteiger partial charge in [0.05, 0.1) is 9.79 Å². The maximum absolute atomic E-state index is 13.4. The van der Waals surface area contributed by atoms with E-state index in [0.29, 0.717) is 12.1 Å². The van der Waals surface area contributed by atoms with Crippen molar-refractivity contribution in [1.29, 1.82) is 0 Å². The largest absolute Gasteiger partial charge is 0.507 e. The molecule has 0 amide bonds. The maximum atomic E-state index is 13.4. The van der Waals surface area contributed by atoms with Crippen molar-refractivity contribution in [2.24, 2.45) is 13.7 Å². The monoisotopic (exact) mass is 659 g/mol. The fourth-order valence-corrected chi connectivity index (χ4v) is 7.18. The van der Waals surface area contributed by atoms with Gasteiger partial charge in [0.25, 0.3) is 10.1 Å². The van der Waals surface area contributed by atoms with Gasteiger partial charge in [0.2, 0.25) is 20.4 Å². The van der Waals surface area contributed by atoms with E-state index in [-0.39, 0.29) is 16.9 Å². The lowest BCUT2D eigenvalue weighted by molar-refractivity contribution is 0.449. The molecule has 0 unspecified atom stereocenters. The second kappa shape index (κ2) is 11.9. The Balaban J connectivity index is 1.69. The van der Waals surface area contributed by atoms with E-state index in [0.717, 1.165) is 35.4 Å². The quantitative estimate of drug-likeness (QED) is 0.127. The second-order valence-electron chi connectivity index (χ2n) is 10.4. The third-order valence-electron chi connectivity index (χ3n) is 6.52. The minimum absolute atomic E-state index is 0.00871. The van der Waals surface area contributed by atoms with Gasteiger partial charge in [-0.15, -0.1) is 14.7 Å². The van der Waals surface area contributed by atoms with Crippen LogP contribution in [0.25, 0.3) is 11.1 Å². The van der Waals surface area contributed by atoms with Crippen molar-refractivity contribution < 1.29 is 31.2 Å². The van der Waals surface area contributed by atoms with E-state index in [1.807, 2.05) is 24.3 Å². The van der Waals surface area contributed by atoms with Crippen LogP contribution in [-0.2, 0) is 25.4 Å². The third-order valence-corrected chi connectivity index (χ3v) is 10.7. The summed E-state index contributed by atoms with van der Waals surface area (Å²) in [5.74, 6) is -1.04. The molecule has 0 radical (unpaired) electrons. The summed E-state index contributed by atoms with van der Waals surface area (Å²) in [6, 6.07) is 19.5. The lowest BCUT2D eigenvalue weighted by Crippen LogP contribution is -2.10. The average molecular weight is 660 g/mol. The highest BCUT2D eigenvalue weighted by Gasteiger charge is 2.36. The van der Waals surface area contributed by atoms with E-state index in [1.54, 1.807) is 24.3 Å². The zero-order valence-corrected chi connectivity index (χ0v) is 25.8. The lowest BCUT2D eigenvalue weighted by atomic mass is 9.86. The average Bonchev–Trinajstić information content (AvgIpc) is 2.98. The Morgan fingerprint density at radius 2 is 1.14 bits per heavy atom. The molecule has 0 atom stereocenters. The normalized spacial score (nSPS) is 12.7. The molecule has 0 spiro atoms. The number of rotatable bonds is 10. The molecule has 0 aromatic heterocycles. The van der Waals surface area contributed by atoms with Gasteiger partial charge in [-0.25, -0.2) is 8.42 Å². The van der Waals surface area contributed by atoms with Crippen LogP contribution in [0.5, 0.6) is 17.2 Å². The molecule has 0 heterocycles. The predicted molar refractivity (Wildman–Crippen MR) is 164 cm³/mol. The van der Waals surface area contributed by atoms with Crippen molar-refractivity contribution >= 4 is 30.5 Å². The number of hydrogen-bond donors (Lipinski definition) is 2. The number of nitrogens with zero attached hydrogens (tertiary/aromatic N) is 3. The number of hydrogen-bond acceptors (Lipinski definition) is 12. The first-order valence-electron chi connectivity index (χ1n) is 12.5. The molecule has 0 aliphatic rings. The first kappa shape index (κ1) is 32.4. The number of nitroso groups, excluding NO2 is 3. The molecule has 4 aromatic carbocycles. The zero-order chi connectivity index (χ0) is 32.5. The molecular formula is C28H25N3O10S3. The van der Waals surface area contributed by atoms with Gasteiger partial charge in [-0.05, 0) is 70.6 Å². The summed E-state index contributed by atoms with van der Waals surface area (Å²) < 4.78 is 73.7. The molecule has 4 aromatic rings. The Bertz CT molecular complexity index is 1950. The summed E-state index contributed by atoms with van der Waals surface area (Å²) in [5.41, 5.74) is 2.95. The van der Waals surface area contributed by atoms with Crippen molar-refractivity contribution in [1.82, 2.24) is 0 Å². The van der Waals surface area contributed by atoms with Crippen LogP contribution in [0.4, 0.5) is 0 Å². The van der Waals surface area contributed by atoms with Crippen molar-refractivity contribution in [3.05, 3.63) is 105 Å². The summed E-state index contributed by atoms with van der Waals surface area (Å²) in [5, 5.41) is 10.0. The topological polar surface area (TPSA) is 206 Å². The fourth-order valence-electron chi connectivity index (χ4n) is 4.12. The van der Waals surface area contributed by atoms with Crippen molar-refractivity contribution in [2.75, 3.05) is 0 Å². The van der Waals surface area contributed by atoms with E-state index in [1.165, 1.54) is 5.56 Å². The molecule has 0 fully saturated rings. The highest BCUT2D eigenvalue weighted by Crippen LogP contribution is 2.62. The number of phenols is 1. The maximum Gasteiger partial charge on any atom is 0.298 e. The molecular weight excluding hydrogens is 635 g/mol. The minimum atomic E-state index is -5.03. The summed E-state index contributed by atoms with van der Waals surface area (Å²) in [6.45, 7) is 6.33. The molecule has 2 N–H and O–H groups in total. The Morgan fingerprint density at radius 3 is 1.61 bits per heavy atom. The number of aromatic hydroxyl groups is 1. The van der Waals surface area contributed by atoms with E-state index in [9.17, 15) is 41.2 Å².